The molecule has 0 bridgehead atoms. The summed E-state index contributed by atoms with van der Waals surface area (Å²) in [5.74, 6) is 1.33. The van der Waals surface area contributed by atoms with Crippen LogP contribution in [-0.4, -0.2) is 24.1 Å². The molecule has 2 aliphatic rings. The summed E-state index contributed by atoms with van der Waals surface area (Å²) in [5, 5.41) is 0.613. The lowest BCUT2D eigenvalue weighted by Gasteiger charge is -2.30. The van der Waals surface area contributed by atoms with E-state index in [2.05, 4.69) is 6.58 Å². The van der Waals surface area contributed by atoms with Crippen molar-refractivity contribution in [3.63, 3.8) is 0 Å². The maximum Gasteiger partial charge on any atom is 0.251 e. The molecule has 1 amide bonds. The molecule has 0 spiro atoms. The Labute approximate surface area is 150 Å². The predicted molar refractivity (Wildman–Crippen MR) is 97.5 cm³/mol. The summed E-state index contributed by atoms with van der Waals surface area (Å²) in [4.78, 5) is 14.3. The van der Waals surface area contributed by atoms with Gasteiger partial charge in [-0.2, -0.15) is 0 Å². The van der Waals surface area contributed by atoms with Crippen LogP contribution in [0.15, 0.2) is 49.1 Å². The van der Waals surface area contributed by atoms with Crippen LogP contribution in [0.4, 0.5) is 0 Å². The number of hydrogen-bond acceptors (Lipinski definition) is 3. The summed E-state index contributed by atoms with van der Waals surface area (Å²) < 4.78 is 10.8. The fraction of sp³-hybridized carbons (Fsp3) is 0.150. The number of hydrogen-bond donors (Lipinski definition) is 0. The topological polar surface area (TPSA) is 38.8 Å². The van der Waals surface area contributed by atoms with Gasteiger partial charge in [0.2, 0.25) is 6.79 Å². The fourth-order valence-electron chi connectivity index (χ4n) is 3.08. The van der Waals surface area contributed by atoms with E-state index in [0.717, 1.165) is 28.9 Å². The maximum atomic E-state index is 12.6. The van der Waals surface area contributed by atoms with Crippen LogP contribution < -0.4 is 9.47 Å². The molecule has 2 aromatic carbocycles. The molecule has 0 saturated heterocycles. The Morgan fingerprint density at radius 3 is 2.76 bits per heavy atom. The van der Waals surface area contributed by atoms with Crippen LogP contribution in [0.1, 0.15) is 16.7 Å². The molecule has 0 aliphatic carbocycles. The molecule has 126 valence electrons. The van der Waals surface area contributed by atoms with E-state index in [1.165, 1.54) is 6.08 Å². The van der Waals surface area contributed by atoms with Crippen molar-refractivity contribution in [2.45, 2.75) is 6.42 Å². The van der Waals surface area contributed by atoms with Gasteiger partial charge in [-0.15, -0.1) is 0 Å². The molecule has 0 radical (unpaired) electrons. The highest BCUT2D eigenvalue weighted by Gasteiger charge is 2.26. The monoisotopic (exact) mass is 353 g/mol. The minimum absolute atomic E-state index is 0.117. The quantitative estimate of drug-likeness (QED) is 0.762. The minimum atomic E-state index is -0.117. The van der Waals surface area contributed by atoms with Crippen LogP contribution in [-0.2, 0) is 11.2 Å². The maximum absolute atomic E-state index is 12.6. The molecule has 5 heteroatoms. The second-order valence-corrected chi connectivity index (χ2v) is 6.31. The highest BCUT2D eigenvalue weighted by molar-refractivity contribution is 6.32. The van der Waals surface area contributed by atoms with Crippen molar-refractivity contribution < 1.29 is 14.3 Å². The third-order valence-corrected chi connectivity index (χ3v) is 4.76. The first-order chi connectivity index (χ1) is 12.1. The standard InChI is InChI=1S/C20H16ClNO3/c1-13-16-11-19-18(24-12-25-19)10-15(16)8-9-22(13)20(23)7-6-14-4-2-3-5-17(14)21/h2-7,10-11H,1,8-9,12H2/b7-6+. The van der Waals surface area contributed by atoms with Crippen LogP contribution >= 0.6 is 11.6 Å². The number of ether oxygens (including phenoxy) is 2. The summed E-state index contributed by atoms with van der Waals surface area (Å²) in [6.45, 7) is 4.92. The molecular formula is C20H16ClNO3. The smallest absolute Gasteiger partial charge is 0.251 e. The van der Waals surface area contributed by atoms with Crippen LogP contribution in [0.2, 0.25) is 5.02 Å². The highest BCUT2D eigenvalue weighted by atomic mass is 35.5. The predicted octanol–water partition coefficient (Wildman–Crippen LogP) is 4.14. The number of carbonyl (C=O) groups excluding carboxylic acids is 1. The SMILES string of the molecule is C=C1c2cc3c(cc2CCN1C(=O)/C=C/c1ccccc1Cl)OCO3. The van der Waals surface area contributed by atoms with Crippen molar-refractivity contribution in [3.8, 4) is 11.5 Å². The molecule has 0 aromatic heterocycles. The summed E-state index contributed by atoms with van der Waals surface area (Å²) in [6.07, 6.45) is 4.01. The van der Waals surface area contributed by atoms with Crippen molar-refractivity contribution >= 4 is 29.3 Å². The van der Waals surface area contributed by atoms with E-state index >= 15 is 0 Å². The molecule has 2 heterocycles. The zero-order valence-electron chi connectivity index (χ0n) is 13.5. The van der Waals surface area contributed by atoms with Gasteiger partial charge in [-0.05, 0) is 41.8 Å². The lowest BCUT2D eigenvalue weighted by atomic mass is 9.96. The van der Waals surface area contributed by atoms with Crippen LogP contribution in [0, 0.1) is 0 Å². The molecule has 0 unspecified atom stereocenters. The van der Waals surface area contributed by atoms with E-state index in [-0.39, 0.29) is 12.7 Å². The van der Waals surface area contributed by atoms with Gasteiger partial charge in [0.25, 0.3) is 5.91 Å². The number of benzene rings is 2. The number of amides is 1. The van der Waals surface area contributed by atoms with Gasteiger partial charge in [-0.1, -0.05) is 36.4 Å². The molecular weight excluding hydrogens is 338 g/mol. The van der Waals surface area contributed by atoms with Crippen molar-refractivity contribution in [1.82, 2.24) is 4.90 Å². The van der Waals surface area contributed by atoms with E-state index < -0.39 is 0 Å². The van der Waals surface area contributed by atoms with Crippen molar-refractivity contribution in [3.05, 3.63) is 70.8 Å². The molecule has 25 heavy (non-hydrogen) atoms. The van der Waals surface area contributed by atoms with E-state index in [0.29, 0.717) is 23.0 Å². The average molecular weight is 354 g/mol. The summed E-state index contributed by atoms with van der Waals surface area (Å²) in [7, 11) is 0. The third-order valence-electron chi connectivity index (χ3n) is 4.42. The van der Waals surface area contributed by atoms with E-state index in [9.17, 15) is 4.79 Å². The summed E-state index contributed by atoms with van der Waals surface area (Å²) in [6, 6.07) is 11.3. The molecule has 0 N–H and O–H groups in total. The fourth-order valence-corrected chi connectivity index (χ4v) is 3.28. The average Bonchev–Trinajstić information content (AvgIpc) is 3.07. The van der Waals surface area contributed by atoms with Crippen LogP contribution in [0.25, 0.3) is 11.8 Å². The molecule has 2 aromatic rings. The summed E-state index contributed by atoms with van der Waals surface area (Å²) in [5.41, 5.74) is 3.53. The Kier molecular flexibility index (Phi) is 3.98. The van der Waals surface area contributed by atoms with E-state index in [4.69, 9.17) is 21.1 Å². The number of nitrogens with zero attached hydrogens (tertiary/aromatic N) is 1. The molecule has 0 fully saturated rings. The zero-order valence-corrected chi connectivity index (χ0v) is 14.3. The van der Waals surface area contributed by atoms with Gasteiger partial charge in [-0.3, -0.25) is 4.79 Å². The number of fused-ring (bicyclic) bond motifs is 2. The molecule has 0 atom stereocenters. The van der Waals surface area contributed by atoms with Gasteiger partial charge in [0, 0.05) is 28.9 Å². The Morgan fingerprint density at radius 2 is 1.96 bits per heavy atom. The molecule has 4 rings (SSSR count). The number of halogens is 1. The van der Waals surface area contributed by atoms with Crippen molar-refractivity contribution in [2.24, 2.45) is 0 Å². The normalized spacial score (nSPS) is 15.6. The van der Waals surface area contributed by atoms with Crippen LogP contribution in [0.3, 0.4) is 0 Å². The first kappa shape index (κ1) is 15.8. The molecule has 0 saturated carbocycles. The lowest BCUT2D eigenvalue weighted by molar-refractivity contribution is -0.123. The highest BCUT2D eigenvalue weighted by Crippen LogP contribution is 2.39. The first-order valence-electron chi connectivity index (χ1n) is 7.99. The first-order valence-corrected chi connectivity index (χ1v) is 8.37. The Morgan fingerprint density at radius 1 is 1.20 bits per heavy atom. The molecule has 4 nitrogen and oxygen atoms in total. The van der Waals surface area contributed by atoms with Gasteiger partial charge in [0.05, 0.1) is 0 Å². The Bertz CT molecular complexity index is 904. The van der Waals surface area contributed by atoms with Gasteiger partial charge >= 0.3 is 0 Å². The lowest BCUT2D eigenvalue weighted by Crippen LogP contribution is -2.33. The molecule has 2 aliphatic heterocycles. The van der Waals surface area contributed by atoms with E-state index in [1.807, 2.05) is 30.3 Å². The van der Waals surface area contributed by atoms with Gasteiger partial charge in [0.1, 0.15) is 0 Å². The largest absolute Gasteiger partial charge is 0.454 e. The van der Waals surface area contributed by atoms with Gasteiger partial charge < -0.3 is 14.4 Å². The number of carbonyl (C=O) groups is 1. The number of rotatable bonds is 2. The second-order valence-electron chi connectivity index (χ2n) is 5.90. The van der Waals surface area contributed by atoms with Crippen molar-refractivity contribution in [1.29, 1.82) is 0 Å². The second kappa shape index (κ2) is 6.30. The van der Waals surface area contributed by atoms with Gasteiger partial charge in [-0.25, -0.2) is 0 Å². The van der Waals surface area contributed by atoms with Gasteiger partial charge in [0.15, 0.2) is 11.5 Å². The zero-order chi connectivity index (χ0) is 17.4. The van der Waals surface area contributed by atoms with E-state index in [1.54, 1.807) is 17.0 Å². The Hall–Kier alpha value is -2.72. The summed E-state index contributed by atoms with van der Waals surface area (Å²) >= 11 is 6.12. The third kappa shape index (κ3) is 2.89. The van der Waals surface area contributed by atoms with Crippen LogP contribution in [0.5, 0.6) is 11.5 Å². The minimum Gasteiger partial charge on any atom is -0.454 e. The Balaban J connectivity index is 1.57. The van der Waals surface area contributed by atoms with Crippen molar-refractivity contribution in [2.75, 3.05) is 13.3 Å².